The van der Waals surface area contributed by atoms with Crippen molar-refractivity contribution in [3.63, 3.8) is 0 Å². The average molecular weight is 325 g/mol. The molecule has 0 spiro atoms. The normalized spacial score (nSPS) is 14.1. The number of sulfone groups is 1. The molecule has 1 aromatic carbocycles. The van der Waals surface area contributed by atoms with Crippen LogP contribution >= 0.6 is 0 Å². The van der Waals surface area contributed by atoms with E-state index in [1.165, 1.54) is 26.3 Å². The molecule has 0 saturated heterocycles. The van der Waals surface area contributed by atoms with Gasteiger partial charge in [-0.15, -0.1) is 0 Å². The number of hydrogen-bond donors (Lipinski definition) is 1. The summed E-state index contributed by atoms with van der Waals surface area (Å²) in [5.41, 5.74) is -0.511. The Kier molecular flexibility index (Phi) is 6.18. The molecule has 0 heterocycles. The smallest absolute Gasteiger partial charge is 0.384 e. The van der Waals surface area contributed by atoms with Gasteiger partial charge in [0.15, 0.2) is 9.84 Å². The number of ether oxygens (including phenoxy) is 1. The summed E-state index contributed by atoms with van der Waals surface area (Å²) >= 11 is 0. The van der Waals surface area contributed by atoms with Crippen LogP contribution in [-0.4, -0.2) is 40.7 Å². The monoisotopic (exact) mass is 325 g/mol. The number of alkyl halides is 3. The zero-order chi connectivity index (χ0) is 16.1. The highest BCUT2D eigenvalue weighted by Crippen LogP contribution is 2.31. The van der Waals surface area contributed by atoms with Gasteiger partial charge in [-0.25, -0.2) is 8.42 Å². The van der Waals surface area contributed by atoms with Gasteiger partial charge in [0.05, 0.1) is 23.7 Å². The standard InChI is InChI=1S/C13H18F3NO3S/c1-17-12(9-21(18,19)7-6-20-2)10-4-3-5-11(8-10)13(14,15)16/h3-5,8,12,17H,6-7,9H2,1-2H3. The van der Waals surface area contributed by atoms with Gasteiger partial charge in [0.25, 0.3) is 0 Å². The summed E-state index contributed by atoms with van der Waals surface area (Å²) in [6.07, 6.45) is -4.46. The Labute approximate surface area is 122 Å². The molecule has 1 unspecified atom stereocenters. The molecule has 0 fully saturated rings. The van der Waals surface area contributed by atoms with Crippen molar-refractivity contribution in [1.82, 2.24) is 5.32 Å². The maximum Gasteiger partial charge on any atom is 0.416 e. The number of hydrogen-bond acceptors (Lipinski definition) is 4. The van der Waals surface area contributed by atoms with Crippen LogP contribution in [0.4, 0.5) is 13.2 Å². The highest BCUT2D eigenvalue weighted by Gasteiger charge is 2.31. The lowest BCUT2D eigenvalue weighted by atomic mass is 10.1. The molecule has 0 aliphatic heterocycles. The highest BCUT2D eigenvalue weighted by atomic mass is 32.2. The van der Waals surface area contributed by atoms with Crippen molar-refractivity contribution in [3.05, 3.63) is 35.4 Å². The van der Waals surface area contributed by atoms with E-state index in [1.54, 1.807) is 0 Å². The predicted molar refractivity (Wildman–Crippen MR) is 73.8 cm³/mol. The van der Waals surface area contributed by atoms with Gasteiger partial charge < -0.3 is 10.1 Å². The second-order valence-corrected chi connectivity index (χ2v) is 6.80. The SMILES string of the molecule is CNC(CS(=O)(=O)CCOC)c1cccc(C(F)(F)F)c1. The van der Waals surface area contributed by atoms with E-state index < -0.39 is 27.6 Å². The maximum absolute atomic E-state index is 12.7. The van der Waals surface area contributed by atoms with E-state index in [-0.39, 0.29) is 23.7 Å². The van der Waals surface area contributed by atoms with Crippen LogP contribution in [0.3, 0.4) is 0 Å². The van der Waals surface area contributed by atoms with Crippen LogP contribution in [-0.2, 0) is 20.8 Å². The van der Waals surface area contributed by atoms with Gasteiger partial charge in [0.1, 0.15) is 0 Å². The molecule has 4 nitrogen and oxygen atoms in total. The molecule has 0 radical (unpaired) electrons. The summed E-state index contributed by atoms with van der Waals surface area (Å²) in [6.45, 7) is 0.0569. The van der Waals surface area contributed by atoms with Crippen LogP contribution in [0.15, 0.2) is 24.3 Å². The molecule has 0 aromatic heterocycles. The molecule has 0 bridgehead atoms. The van der Waals surface area contributed by atoms with E-state index >= 15 is 0 Å². The maximum atomic E-state index is 12.7. The first-order valence-electron chi connectivity index (χ1n) is 6.23. The molecule has 1 aromatic rings. The fourth-order valence-electron chi connectivity index (χ4n) is 1.83. The predicted octanol–water partition coefficient (Wildman–Crippen LogP) is 2.03. The minimum absolute atomic E-state index is 0.0569. The van der Waals surface area contributed by atoms with Crippen LogP contribution in [0.5, 0.6) is 0 Å². The largest absolute Gasteiger partial charge is 0.416 e. The molecule has 8 heteroatoms. The Morgan fingerprint density at radius 3 is 2.52 bits per heavy atom. The third kappa shape index (κ3) is 5.64. The quantitative estimate of drug-likeness (QED) is 0.833. The summed E-state index contributed by atoms with van der Waals surface area (Å²) in [5, 5.41) is 2.74. The summed E-state index contributed by atoms with van der Waals surface area (Å²) in [6, 6.07) is 3.96. The molecule has 21 heavy (non-hydrogen) atoms. The number of benzene rings is 1. The zero-order valence-corrected chi connectivity index (χ0v) is 12.6. The molecule has 1 N–H and O–H groups in total. The molecule has 1 atom stereocenters. The zero-order valence-electron chi connectivity index (χ0n) is 11.8. The van der Waals surface area contributed by atoms with Crippen LogP contribution < -0.4 is 5.32 Å². The van der Waals surface area contributed by atoms with E-state index in [4.69, 9.17) is 4.74 Å². The average Bonchev–Trinajstić information content (AvgIpc) is 2.42. The summed E-state index contributed by atoms with van der Waals surface area (Å²) in [4.78, 5) is 0. The third-order valence-corrected chi connectivity index (χ3v) is 4.61. The van der Waals surface area contributed by atoms with E-state index in [1.807, 2.05) is 0 Å². The van der Waals surface area contributed by atoms with Crippen molar-refractivity contribution >= 4 is 9.84 Å². The Hall–Kier alpha value is -1.12. The van der Waals surface area contributed by atoms with Crippen molar-refractivity contribution in [3.8, 4) is 0 Å². The lowest BCUT2D eigenvalue weighted by Crippen LogP contribution is -2.28. The minimum atomic E-state index is -4.46. The molecular weight excluding hydrogens is 307 g/mol. The fraction of sp³-hybridized carbons (Fsp3) is 0.538. The lowest BCUT2D eigenvalue weighted by molar-refractivity contribution is -0.137. The molecule has 1 rings (SSSR count). The Morgan fingerprint density at radius 1 is 1.33 bits per heavy atom. The lowest BCUT2D eigenvalue weighted by Gasteiger charge is -2.18. The second kappa shape index (κ2) is 7.24. The van der Waals surface area contributed by atoms with Crippen LogP contribution in [0.1, 0.15) is 17.2 Å². The molecule has 0 amide bonds. The number of methoxy groups -OCH3 is 1. The number of nitrogens with one attached hydrogen (secondary N) is 1. The summed E-state index contributed by atoms with van der Waals surface area (Å²) in [5.74, 6) is -0.450. The van der Waals surface area contributed by atoms with Gasteiger partial charge in [-0.05, 0) is 24.7 Å². The van der Waals surface area contributed by atoms with Gasteiger partial charge in [-0.3, -0.25) is 0 Å². The Bertz CT molecular complexity index is 558. The van der Waals surface area contributed by atoms with Crippen LogP contribution in [0.2, 0.25) is 0 Å². The summed E-state index contributed by atoms with van der Waals surface area (Å²) < 4.78 is 66.5. The second-order valence-electron chi connectivity index (χ2n) is 4.57. The number of rotatable bonds is 7. The van der Waals surface area contributed by atoms with Crippen molar-refractivity contribution in [2.24, 2.45) is 0 Å². The van der Waals surface area contributed by atoms with Gasteiger partial charge >= 0.3 is 6.18 Å². The molecule has 0 saturated carbocycles. The van der Waals surface area contributed by atoms with Gasteiger partial charge in [0, 0.05) is 13.2 Å². The van der Waals surface area contributed by atoms with E-state index in [9.17, 15) is 21.6 Å². The highest BCUT2D eigenvalue weighted by molar-refractivity contribution is 7.91. The molecule has 0 aliphatic rings. The van der Waals surface area contributed by atoms with Gasteiger partial charge in [-0.2, -0.15) is 13.2 Å². The van der Waals surface area contributed by atoms with Crippen molar-refractivity contribution in [2.75, 3.05) is 32.3 Å². The topological polar surface area (TPSA) is 55.4 Å². The molecule has 0 aliphatic carbocycles. The minimum Gasteiger partial charge on any atom is -0.384 e. The van der Waals surface area contributed by atoms with Crippen LogP contribution in [0, 0.1) is 0 Å². The Morgan fingerprint density at radius 2 is 2.00 bits per heavy atom. The van der Waals surface area contributed by atoms with Gasteiger partial charge in [0.2, 0.25) is 0 Å². The molecule has 120 valence electrons. The fourth-order valence-corrected chi connectivity index (χ4v) is 3.28. The van der Waals surface area contributed by atoms with Crippen molar-refractivity contribution in [1.29, 1.82) is 0 Å². The third-order valence-electron chi connectivity index (χ3n) is 2.98. The van der Waals surface area contributed by atoms with E-state index in [2.05, 4.69) is 5.32 Å². The van der Waals surface area contributed by atoms with Crippen molar-refractivity contribution < 1.29 is 26.3 Å². The first kappa shape index (κ1) is 17.9. The first-order chi connectivity index (χ1) is 9.69. The van der Waals surface area contributed by atoms with E-state index in [0.717, 1.165) is 12.1 Å². The van der Waals surface area contributed by atoms with Crippen LogP contribution in [0.25, 0.3) is 0 Å². The van der Waals surface area contributed by atoms with Crippen molar-refractivity contribution in [2.45, 2.75) is 12.2 Å². The first-order valence-corrected chi connectivity index (χ1v) is 8.05. The summed E-state index contributed by atoms with van der Waals surface area (Å²) in [7, 11) is -0.523. The van der Waals surface area contributed by atoms with E-state index in [0.29, 0.717) is 0 Å². The number of halogens is 3. The molecular formula is C13H18F3NO3S. The Balaban J connectivity index is 2.96. The van der Waals surface area contributed by atoms with Gasteiger partial charge in [-0.1, -0.05) is 12.1 Å².